The maximum Gasteiger partial charge on any atom is 0.458 e. The number of hydrogen-bond donors (Lipinski definition) is 0. The van der Waals surface area contributed by atoms with Gasteiger partial charge in [0.05, 0.1) is 6.61 Å². The Bertz CT molecular complexity index is 438. The van der Waals surface area contributed by atoms with Crippen molar-refractivity contribution in [2.24, 2.45) is 0 Å². The number of alkyl halides is 3. The zero-order valence-corrected chi connectivity index (χ0v) is 11.8. The Morgan fingerprint density at radius 1 is 1.42 bits per heavy atom. The van der Waals surface area contributed by atoms with Gasteiger partial charge >= 0.3 is 12.0 Å². The Balaban J connectivity index is 2.57. The molecule has 4 nitrogen and oxygen atoms in total. The van der Waals surface area contributed by atoms with Crippen LogP contribution in [-0.4, -0.2) is 52.6 Å². The summed E-state index contributed by atoms with van der Waals surface area (Å²) in [5, 5.41) is 0. The van der Waals surface area contributed by atoms with Crippen LogP contribution in [0.5, 0.6) is 0 Å². The first-order valence-electron chi connectivity index (χ1n) is 5.48. The number of nitrogens with zero attached hydrogens (tertiary/aromatic N) is 2. The van der Waals surface area contributed by atoms with E-state index in [0.717, 1.165) is 16.5 Å². The Hall–Kier alpha value is -1.02. The quantitative estimate of drug-likeness (QED) is 0.598. The van der Waals surface area contributed by atoms with E-state index in [4.69, 9.17) is 4.74 Å². The van der Waals surface area contributed by atoms with Gasteiger partial charge in [-0.3, -0.25) is 4.79 Å². The number of halogens is 3. The molecule has 0 aliphatic rings. The van der Waals surface area contributed by atoms with E-state index in [0.29, 0.717) is 6.61 Å². The molecule has 0 spiro atoms. The Morgan fingerprint density at radius 2 is 2.05 bits per heavy atom. The average Bonchev–Trinajstić information content (AvgIpc) is 2.68. The third-order valence-corrected chi connectivity index (χ3v) is 3.64. The molecule has 1 aromatic rings. The summed E-state index contributed by atoms with van der Waals surface area (Å²) in [6, 6.07) is 0. The standard InChI is InChI=1S/C11H17F3N2O2S/c1-19(2,3)7-6-18-8-16-5-4-15-10(16)9(17)11(12,13)14/h4-5H,6-8H2,1-3H3. The van der Waals surface area contributed by atoms with Gasteiger partial charge in [-0.05, 0) is 18.8 Å². The lowest BCUT2D eigenvalue weighted by Crippen LogP contribution is -2.26. The van der Waals surface area contributed by atoms with Crippen molar-refractivity contribution in [3.8, 4) is 0 Å². The number of ketones is 1. The lowest BCUT2D eigenvalue weighted by atomic mass is 10.3. The smallest absolute Gasteiger partial charge is 0.360 e. The average molecular weight is 298 g/mol. The van der Waals surface area contributed by atoms with Crippen molar-refractivity contribution in [3.63, 3.8) is 0 Å². The number of ether oxygens (including phenoxy) is 1. The number of aromatic nitrogens is 2. The lowest BCUT2D eigenvalue weighted by Gasteiger charge is -2.24. The fourth-order valence-corrected chi connectivity index (χ4v) is 1.84. The first-order valence-corrected chi connectivity index (χ1v) is 8.50. The molecule has 0 amide bonds. The van der Waals surface area contributed by atoms with Crippen LogP contribution in [0.25, 0.3) is 0 Å². The molecule has 1 aromatic heterocycles. The fourth-order valence-electron chi connectivity index (χ4n) is 1.22. The van der Waals surface area contributed by atoms with Crippen molar-refractivity contribution in [3.05, 3.63) is 18.2 Å². The molecule has 0 aliphatic heterocycles. The van der Waals surface area contributed by atoms with E-state index in [9.17, 15) is 18.0 Å². The Kier molecular flexibility index (Phi) is 5.03. The second-order valence-corrected chi connectivity index (χ2v) is 9.47. The summed E-state index contributed by atoms with van der Waals surface area (Å²) in [5.41, 5.74) is 0. The third-order valence-electron chi connectivity index (χ3n) is 2.25. The summed E-state index contributed by atoms with van der Waals surface area (Å²) in [5.74, 6) is -1.75. The first-order chi connectivity index (χ1) is 8.61. The number of imidazole rings is 1. The Labute approximate surface area is 111 Å². The number of hydrogen-bond acceptors (Lipinski definition) is 3. The van der Waals surface area contributed by atoms with E-state index < -0.39 is 27.8 Å². The van der Waals surface area contributed by atoms with E-state index in [1.165, 1.54) is 6.20 Å². The number of carbonyl (C=O) groups excluding carboxylic acids is 1. The van der Waals surface area contributed by atoms with Crippen molar-refractivity contribution >= 4 is 15.8 Å². The van der Waals surface area contributed by atoms with Gasteiger partial charge in [-0.2, -0.15) is 13.2 Å². The minimum absolute atomic E-state index is 0.104. The summed E-state index contributed by atoms with van der Waals surface area (Å²) in [6.07, 6.45) is 3.88. The molecule has 0 aromatic carbocycles. The van der Waals surface area contributed by atoms with Crippen LogP contribution in [0.4, 0.5) is 13.2 Å². The highest BCUT2D eigenvalue weighted by Crippen LogP contribution is 2.33. The normalized spacial score (nSPS) is 13.6. The van der Waals surface area contributed by atoms with Gasteiger partial charge in [0.2, 0.25) is 0 Å². The largest absolute Gasteiger partial charge is 0.458 e. The van der Waals surface area contributed by atoms with Gasteiger partial charge < -0.3 is 9.30 Å². The van der Waals surface area contributed by atoms with Crippen molar-refractivity contribution < 1.29 is 22.7 Å². The molecule has 0 unspecified atom stereocenters. The maximum absolute atomic E-state index is 12.3. The topological polar surface area (TPSA) is 44.1 Å². The molecule has 8 heteroatoms. The van der Waals surface area contributed by atoms with Crippen molar-refractivity contribution in [1.82, 2.24) is 9.55 Å². The highest BCUT2D eigenvalue weighted by Gasteiger charge is 2.41. The van der Waals surface area contributed by atoms with Crippen LogP contribution in [0, 0.1) is 0 Å². The van der Waals surface area contributed by atoms with Gasteiger partial charge in [-0.25, -0.2) is 15.0 Å². The first kappa shape index (κ1) is 16.0. The highest BCUT2D eigenvalue weighted by molar-refractivity contribution is 8.32. The summed E-state index contributed by atoms with van der Waals surface area (Å²) in [7, 11) is -0.712. The molecule has 0 saturated heterocycles. The Morgan fingerprint density at radius 3 is 2.58 bits per heavy atom. The second-order valence-electron chi connectivity index (χ2n) is 4.88. The zero-order chi connectivity index (χ0) is 14.7. The highest BCUT2D eigenvalue weighted by atomic mass is 32.3. The maximum atomic E-state index is 12.3. The molecular formula is C11H17F3N2O2S. The van der Waals surface area contributed by atoms with Gasteiger partial charge in [-0.1, -0.05) is 0 Å². The molecule has 0 bridgehead atoms. The van der Waals surface area contributed by atoms with Gasteiger partial charge in [-0.15, -0.1) is 0 Å². The van der Waals surface area contributed by atoms with Crippen LogP contribution in [0.2, 0.25) is 0 Å². The molecule has 1 rings (SSSR count). The molecular weight excluding hydrogens is 281 g/mol. The lowest BCUT2D eigenvalue weighted by molar-refractivity contribution is -0.0896. The van der Waals surface area contributed by atoms with Crippen LogP contribution in [0.15, 0.2) is 12.4 Å². The molecule has 1 heterocycles. The van der Waals surface area contributed by atoms with E-state index in [2.05, 4.69) is 23.8 Å². The molecule has 0 saturated carbocycles. The van der Waals surface area contributed by atoms with Gasteiger partial charge in [0.25, 0.3) is 0 Å². The van der Waals surface area contributed by atoms with E-state index in [1.54, 1.807) is 0 Å². The predicted octanol–water partition coefficient (Wildman–Crippen LogP) is 2.30. The minimum atomic E-state index is -4.92. The van der Waals surface area contributed by atoms with Crippen LogP contribution in [-0.2, 0) is 11.5 Å². The molecule has 19 heavy (non-hydrogen) atoms. The minimum Gasteiger partial charge on any atom is -0.360 e. The summed E-state index contributed by atoms with van der Waals surface area (Å²) >= 11 is 0. The van der Waals surface area contributed by atoms with Crippen LogP contribution in [0.3, 0.4) is 0 Å². The van der Waals surface area contributed by atoms with Crippen LogP contribution in [0.1, 0.15) is 10.6 Å². The number of carbonyl (C=O) groups is 1. The van der Waals surface area contributed by atoms with E-state index in [-0.39, 0.29) is 6.73 Å². The van der Waals surface area contributed by atoms with Gasteiger partial charge in [0, 0.05) is 18.1 Å². The van der Waals surface area contributed by atoms with Crippen molar-refractivity contribution in [1.29, 1.82) is 0 Å². The fraction of sp³-hybridized carbons (Fsp3) is 0.636. The molecule has 0 fully saturated rings. The van der Waals surface area contributed by atoms with Gasteiger partial charge in [0.15, 0.2) is 5.82 Å². The zero-order valence-electron chi connectivity index (χ0n) is 11.0. The van der Waals surface area contributed by atoms with Gasteiger partial charge in [0.1, 0.15) is 6.73 Å². The van der Waals surface area contributed by atoms with Crippen LogP contribution < -0.4 is 0 Å². The molecule has 0 radical (unpaired) electrons. The SMILES string of the molecule is CS(C)(C)CCOCn1ccnc1C(=O)C(F)(F)F. The van der Waals surface area contributed by atoms with E-state index >= 15 is 0 Å². The number of Topliss-reactive ketones (excluding diaryl/α,β-unsaturated/α-hetero) is 1. The van der Waals surface area contributed by atoms with Crippen LogP contribution >= 0.6 is 10.0 Å². The van der Waals surface area contributed by atoms with E-state index in [1.807, 2.05) is 0 Å². The summed E-state index contributed by atoms with van der Waals surface area (Å²) < 4.78 is 43.2. The van der Waals surface area contributed by atoms with Crippen molar-refractivity contribution in [2.75, 3.05) is 31.1 Å². The third kappa shape index (κ3) is 5.23. The number of rotatable bonds is 6. The molecule has 0 atom stereocenters. The molecule has 0 N–H and O–H groups in total. The predicted molar refractivity (Wildman–Crippen MR) is 68.8 cm³/mol. The molecule has 110 valence electrons. The van der Waals surface area contributed by atoms with Crippen molar-refractivity contribution in [2.45, 2.75) is 12.9 Å². The second kappa shape index (κ2) is 5.96. The monoisotopic (exact) mass is 298 g/mol. The molecule has 0 aliphatic carbocycles. The summed E-state index contributed by atoms with van der Waals surface area (Å²) in [6.45, 7) is 0.337. The summed E-state index contributed by atoms with van der Waals surface area (Å²) in [4.78, 5) is 14.5.